The molecule has 2 aromatic heterocycles. The maximum absolute atomic E-state index is 5.63. The minimum absolute atomic E-state index is 0.445. The van der Waals surface area contributed by atoms with Crippen LogP contribution in [-0.4, -0.2) is 22.2 Å². The van der Waals surface area contributed by atoms with Gasteiger partial charge >= 0.3 is 0 Å². The summed E-state index contributed by atoms with van der Waals surface area (Å²) < 4.78 is 10.9. The summed E-state index contributed by atoms with van der Waals surface area (Å²) in [7, 11) is 1.69. The van der Waals surface area contributed by atoms with Gasteiger partial charge in [-0.05, 0) is 53.4 Å². The molecule has 0 saturated carbocycles. The van der Waals surface area contributed by atoms with E-state index in [0.29, 0.717) is 24.1 Å². The van der Waals surface area contributed by atoms with Crippen molar-refractivity contribution in [2.75, 3.05) is 12.8 Å². The van der Waals surface area contributed by atoms with Crippen molar-refractivity contribution in [2.45, 2.75) is 13.5 Å². The summed E-state index contributed by atoms with van der Waals surface area (Å²) in [4.78, 5) is 8.57. The first-order valence-corrected chi connectivity index (χ1v) is 8.89. The first kappa shape index (κ1) is 17.9. The maximum Gasteiger partial charge on any atom is 0.258 e. The minimum Gasteiger partial charge on any atom is -0.384 e. The average molecular weight is 372 g/mol. The lowest BCUT2D eigenvalue weighted by molar-refractivity contribution is 0.185. The van der Waals surface area contributed by atoms with E-state index < -0.39 is 0 Å². The highest BCUT2D eigenvalue weighted by atomic mass is 16.5. The maximum atomic E-state index is 5.63. The van der Waals surface area contributed by atoms with Gasteiger partial charge in [0.05, 0.1) is 6.61 Å². The first-order valence-electron chi connectivity index (χ1n) is 8.89. The Balaban J connectivity index is 1.72. The molecule has 0 aliphatic carbocycles. The minimum atomic E-state index is 0.445. The Kier molecular flexibility index (Phi) is 4.87. The van der Waals surface area contributed by atoms with Gasteiger partial charge in [-0.2, -0.15) is 4.98 Å². The summed E-state index contributed by atoms with van der Waals surface area (Å²) in [5.74, 6) is 1.36. The van der Waals surface area contributed by atoms with Crippen molar-refractivity contribution >= 4 is 5.82 Å². The number of nitrogens with two attached hydrogens (primary N) is 1. The quantitative estimate of drug-likeness (QED) is 0.555. The van der Waals surface area contributed by atoms with Crippen LogP contribution < -0.4 is 5.73 Å². The Labute approximate surface area is 163 Å². The Morgan fingerprint density at radius 3 is 2.57 bits per heavy atom. The third kappa shape index (κ3) is 3.50. The summed E-state index contributed by atoms with van der Waals surface area (Å²) >= 11 is 0. The van der Waals surface area contributed by atoms with Crippen LogP contribution in [-0.2, 0) is 11.3 Å². The molecule has 0 spiro atoms. The zero-order chi connectivity index (χ0) is 19.5. The van der Waals surface area contributed by atoms with Gasteiger partial charge in [-0.25, -0.2) is 4.98 Å². The van der Waals surface area contributed by atoms with Gasteiger partial charge in [0, 0.05) is 24.4 Å². The highest BCUT2D eigenvalue weighted by Gasteiger charge is 2.14. The number of methoxy groups -OCH3 is 1. The number of benzene rings is 2. The second-order valence-corrected chi connectivity index (χ2v) is 6.51. The number of ether oxygens (including phenoxy) is 1. The molecule has 4 rings (SSSR count). The molecule has 4 aromatic rings. The van der Waals surface area contributed by atoms with Gasteiger partial charge in [0.15, 0.2) is 0 Å². The molecular formula is C22H20N4O2. The van der Waals surface area contributed by atoms with E-state index >= 15 is 0 Å². The van der Waals surface area contributed by atoms with E-state index in [0.717, 1.165) is 22.3 Å². The summed E-state index contributed by atoms with van der Waals surface area (Å²) in [5.41, 5.74) is 11.8. The fourth-order valence-electron chi connectivity index (χ4n) is 3.14. The molecule has 0 fully saturated rings. The third-order valence-electron chi connectivity index (χ3n) is 4.56. The van der Waals surface area contributed by atoms with Gasteiger partial charge < -0.3 is 15.0 Å². The van der Waals surface area contributed by atoms with Crippen LogP contribution in [0.2, 0.25) is 0 Å². The molecule has 0 radical (unpaired) electrons. The summed E-state index contributed by atoms with van der Waals surface area (Å²) in [6.45, 7) is 2.59. The van der Waals surface area contributed by atoms with Crippen LogP contribution in [0.25, 0.3) is 34.0 Å². The van der Waals surface area contributed by atoms with E-state index in [1.807, 2.05) is 30.3 Å². The van der Waals surface area contributed by atoms with E-state index in [1.54, 1.807) is 19.4 Å². The molecule has 0 aliphatic rings. The SMILES string of the molecule is COCc1cc(-c2nc(-c3ccc(N)nc3)no2)ccc1-c1ccccc1C. The lowest BCUT2D eigenvalue weighted by Crippen LogP contribution is -1.95. The van der Waals surface area contributed by atoms with Gasteiger partial charge in [0.1, 0.15) is 5.82 Å². The van der Waals surface area contributed by atoms with Crippen LogP contribution >= 0.6 is 0 Å². The molecule has 0 saturated heterocycles. The van der Waals surface area contributed by atoms with Gasteiger partial charge in [-0.15, -0.1) is 0 Å². The number of aromatic nitrogens is 3. The summed E-state index contributed by atoms with van der Waals surface area (Å²) in [6, 6.07) is 17.9. The van der Waals surface area contributed by atoms with Crippen LogP contribution in [0, 0.1) is 6.92 Å². The molecule has 0 atom stereocenters. The molecule has 2 aromatic carbocycles. The molecular weight excluding hydrogens is 352 g/mol. The topological polar surface area (TPSA) is 87.1 Å². The van der Waals surface area contributed by atoms with Crippen molar-refractivity contribution in [1.29, 1.82) is 0 Å². The van der Waals surface area contributed by atoms with Gasteiger partial charge in [0.2, 0.25) is 5.82 Å². The third-order valence-corrected chi connectivity index (χ3v) is 4.56. The number of nitrogen functional groups attached to an aromatic ring is 1. The van der Waals surface area contributed by atoms with Crippen LogP contribution in [0.5, 0.6) is 0 Å². The predicted octanol–water partition coefficient (Wildman–Crippen LogP) is 4.50. The number of hydrogen-bond donors (Lipinski definition) is 1. The normalized spacial score (nSPS) is 10.9. The van der Waals surface area contributed by atoms with Gasteiger partial charge in [0.25, 0.3) is 5.89 Å². The number of hydrogen-bond acceptors (Lipinski definition) is 6. The highest BCUT2D eigenvalue weighted by molar-refractivity contribution is 5.74. The van der Waals surface area contributed by atoms with Crippen LogP contribution in [0.3, 0.4) is 0 Å². The molecule has 0 bridgehead atoms. The lowest BCUT2D eigenvalue weighted by atomic mass is 9.94. The zero-order valence-electron chi connectivity index (χ0n) is 15.7. The molecule has 2 N–H and O–H groups in total. The van der Waals surface area contributed by atoms with Crippen molar-refractivity contribution in [2.24, 2.45) is 0 Å². The number of pyridine rings is 1. The van der Waals surface area contributed by atoms with E-state index in [9.17, 15) is 0 Å². The first-order chi connectivity index (χ1) is 13.7. The Morgan fingerprint density at radius 2 is 1.82 bits per heavy atom. The predicted molar refractivity (Wildman–Crippen MR) is 108 cm³/mol. The van der Waals surface area contributed by atoms with E-state index in [-0.39, 0.29) is 0 Å². The summed E-state index contributed by atoms with van der Waals surface area (Å²) in [5, 5.41) is 4.06. The van der Waals surface area contributed by atoms with Crippen LogP contribution in [0.1, 0.15) is 11.1 Å². The zero-order valence-corrected chi connectivity index (χ0v) is 15.7. The van der Waals surface area contributed by atoms with E-state index in [4.69, 9.17) is 15.0 Å². The smallest absolute Gasteiger partial charge is 0.258 e. The fourth-order valence-corrected chi connectivity index (χ4v) is 3.14. The second kappa shape index (κ2) is 7.62. The number of nitrogens with zero attached hydrogens (tertiary/aromatic N) is 3. The number of rotatable bonds is 5. The van der Waals surface area contributed by atoms with Crippen molar-refractivity contribution in [3.63, 3.8) is 0 Å². The van der Waals surface area contributed by atoms with Crippen LogP contribution in [0.15, 0.2) is 65.3 Å². The van der Waals surface area contributed by atoms with E-state index in [1.165, 1.54) is 11.1 Å². The molecule has 0 aliphatic heterocycles. The monoisotopic (exact) mass is 372 g/mol. The molecule has 6 heteroatoms. The van der Waals surface area contributed by atoms with Crippen molar-refractivity contribution in [1.82, 2.24) is 15.1 Å². The largest absolute Gasteiger partial charge is 0.384 e. The van der Waals surface area contributed by atoms with E-state index in [2.05, 4.69) is 40.2 Å². The number of aryl methyl sites for hydroxylation is 1. The van der Waals surface area contributed by atoms with Crippen molar-refractivity contribution in [3.8, 4) is 34.0 Å². The molecule has 140 valence electrons. The Hall–Kier alpha value is -3.51. The van der Waals surface area contributed by atoms with Gasteiger partial charge in [-0.3, -0.25) is 0 Å². The van der Waals surface area contributed by atoms with Crippen LogP contribution in [0.4, 0.5) is 5.82 Å². The van der Waals surface area contributed by atoms with Crippen molar-refractivity contribution in [3.05, 3.63) is 71.9 Å². The van der Waals surface area contributed by atoms with Gasteiger partial charge in [-0.1, -0.05) is 35.5 Å². The number of anilines is 1. The Bertz CT molecular complexity index is 1100. The molecule has 6 nitrogen and oxygen atoms in total. The fraction of sp³-hybridized carbons (Fsp3) is 0.136. The molecule has 0 amide bonds. The average Bonchev–Trinajstić information content (AvgIpc) is 3.20. The summed E-state index contributed by atoms with van der Waals surface area (Å²) in [6.07, 6.45) is 1.63. The highest BCUT2D eigenvalue weighted by Crippen LogP contribution is 2.31. The second-order valence-electron chi connectivity index (χ2n) is 6.51. The Morgan fingerprint density at radius 1 is 1.00 bits per heavy atom. The standard InChI is InChI=1S/C22H20N4O2/c1-14-5-3-4-6-18(14)19-9-7-15(11-17(19)13-27-2)22-25-21(26-28-22)16-8-10-20(23)24-12-16/h3-12H,13H2,1-2H3,(H2,23,24). The molecule has 0 unspecified atom stereocenters. The van der Waals surface area contributed by atoms with Crippen molar-refractivity contribution < 1.29 is 9.26 Å². The molecule has 28 heavy (non-hydrogen) atoms. The molecule has 2 heterocycles. The lowest BCUT2D eigenvalue weighted by Gasteiger charge is -2.12.